The Morgan fingerprint density at radius 3 is 2.83 bits per heavy atom. The lowest BCUT2D eigenvalue weighted by atomic mass is 10.1. The van der Waals surface area contributed by atoms with E-state index in [1.807, 2.05) is 36.5 Å². The second kappa shape index (κ2) is 7.39. The van der Waals surface area contributed by atoms with Crippen molar-refractivity contribution in [2.75, 3.05) is 32.8 Å². The van der Waals surface area contributed by atoms with E-state index in [2.05, 4.69) is 22.2 Å². The average Bonchev–Trinajstić information content (AvgIpc) is 3.14. The molecule has 1 aliphatic heterocycles. The zero-order chi connectivity index (χ0) is 16.1. The number of benzene rings is 1. The fraction of sp³-hybridized carbons (Fsp3) is 0.412. The SMILES string of the molecule is CC(CNC(=O)c1ccccc1-n1cccn1)N1CCOCC1. The van der Waals surface area contributed by atoms with Crippen LogP contribution in [0.15, 0.2) is 42.7 Å². The normalized spacial score (nSPS) is 16.9. The Morgan fingerprint density at radius 2 is 2.09 bits per heavy atom. The first-order valence-electron chi connectivity index (χ1n) is 7.95. The molecule has 0 spiro atoms. The zero-order valence-electron chi connectivity index (χ0n) is 13.3. The van der Waals surface area contributed by atoms with Crippen molar-refractivity contribution in [1.29, 1.82) is 0 Å². The van der Waals surface area contributed by atoms with E-state index in [0.29, 0.717) is 18.2 Å². The minimum atomic E-state index is -0.0730. The Bertz CT molecular complexity index is 636. The van der Waals surface area contributed by atoms with Gasteiger partial charge in [-0.05, 0) is 25.1 Å². The topological polar surface area (TPSA) is 59.4 Å². The monoisotopic (exact) mass is 314 g/mol. The molecule has 1 aromatic carbocycles. The highest BCUT2D eigenvalue weighted by molar-refractivity contribution is 5.97. The van der Waals surface area contributed by atoms with Gasteiger partial charge < -0.3 is 10.1 Å². The Hall–Kier alpha value is -2.18. The van der Waals surface area contributed by atoms with Crippen molar-refractivity contribution in [3.8, 4) is 5.69 Å². The van der Waals surface area contributed by atoms with Gasteiger partial charge in [-0.3, -0.25) is 9.69 Å². The van der Waals surface area contributed by atoms with Crippen molar-refractivity contribution in [2.24, 2.45) is 0 Å². The third-order valence-corrected chi connectivity index (χ3v) is 4.13. The molecule has 1 fully saturated rings. The van der Waals surface area contributed by atoms with Crippen molar-refractivity contribution in [3.63, 3.8) is 0 Å². The van der Waals surface area contributed by atoms with Gasteiger partial charge in [-0.2, -0.15) is 5.10 Å². The molecule has 0 saturated carbocycles. The summed E-state index contributed by atoms with van der Waals surface area (Å²) in [6, 6.07) is 9.63. The summed E-state index contributed by atoms with van der Waals surface area (Å²) in [6.45, 7) is 6.11. The molecule has 0 bridgehead atoms. The van der Waals surface area contributed by atoms with Gasteiger partial charge in [0.2, 0.25) is 0 Å². The number of ether oxygens (including phenoxy) is 1. The fourth-order valence-electron chi connectivity index (χ4n) is 2.76. The fourth-order valence-corrected chi connectivity index (χ4v) is 2.76. The number of para-hydroxylation sites is 1. The number of amides is 1. The molecule has 1 unspecified atom stereocenters. The van der Waals surface area contributed by atoms with E-state index >= 15 is 0 Å². The first kappa shape index (κ1) is 15.7. The number of hydrogen-bond acceptors (Lipinski definition) is 4. The maximum atomic E-state index is 12.6. The van der Waals surface area contributed by atoms with E-state index in [9.17, 15) is 4.79 Å². The molecule has 6 heteroatoms. The molecule has 6 nitrogen and oxygen atoms in total. The van der Waals surface area contributed by atoms with Crippen molar-refractivity contribution < 1.29 is 9.53 Å². The highest BCUT2D eigenvalue weighted by Crippen LogP contribution is 2.13. The lowest BCUT2D eigenvalue weighted by molar-refractivity contribution is 0.0204. The lowest BCUT2D eigenvalue weighted by Crippen LogP contribution is -2.47. The predicted molar refractivity (Wildman–Crippen MR) is 87.8 cm³/mol. The molecule has 1 aliphatic rings. The van der Waals surface area contributed by atoms with Gasteiger partial charge in [0.15, 0.2) is 0 Å². The summed E-state index contributed by atoms with van der Waals surface area (Å²) < 4.78 is 7.07. The standard InChI is InChI=1S/C17H22N4O2/c1-14(20-9-11-23-12-10-20)13-18-17(22)15-5-2-3-6-16(15)21-8-4-7-19-21/h2-8,14H,9-13H2,1H3,(H,18,22). The summed E-state index contributed by atoms with van der Waals surface area (Å²) in [6.07, 6.45) is 3.54. The van der Waals surface area contributed by atoms with E-state index in [1.54, 1.807) is 10.9 Å². The molecular formula is C17H22N4O2. The van der Waals surface area contributed by atoms with Crippen molar-refractivity contribution in [1.82, 2.24) is 20.0 Å². The molecule has 1 atom stereocenters. The van der Waals surface area contributed by atoms with Gasteiger partial charge in [-0.25, -0.2) is 4.68 Å². The van der Waals surface area contributed by atoms with Gasteiger partial charge in [0.1, 0.15) is 0 Å². The lowest BCUT2D eigenvalue weighted by Gasteiger charge is -2.32. The van der Waals surface area contributed by atoms with Crippen LogP contribution in [0.25, 0.3) is 5.69 Å². The van der Waals surface area contributed by atoms with Crippen LogP contribution in [0.5, 0.6) is 0 Å². The predicted octanol–water partition coefficient (Wildman–Crippen LogP) is 1.32. The number of morpholine rings is 1. The summed E-state index contributed by atoms with van der Waals surface area (Å²) >= 11 is 0. The highest BCUT2D eigenvalue weighted by Gasteiger charge is 2.18. The second-order valence-corrected chi connectivity index (χ2v) is 5.68. The number of hydrogen-bond donors (Lipinski definition) is 1. The van der Waals surface area contributed by atoms with E-state index in [-0.39, 0.29) is 5.91 Å². The zero-order valence-corrected chi connectivity index (χ0v) is 13.3. The summed E-state index contributed by atoms with van der Waals surface area (Å²) in [5.74, 6) is -0.0730. The quantitative estimate of drug-likeness (QED) is 0.904. The molecule has 1 aromatic heterocycles. The molecule has 2 aromatic rings. The molecule has 3 rings (SSSR count). The molecule has 23 heavy (non-hydrogen) atoms. The van der Waals surface area contributed by atoms with E-state index in [0.717, 1.165) is 32.0 Å². The van der Waals surface area contributed by atoms with Crippen LogP contribution in [-0.4, -0.2) is 59.5 Å². The first-order chi connectivity index (χ1) is 11.3. The van der Waals surface area contributed by atoms with Crippen LogP contribution in [-0.2, 0) is 4.74 Å². The van der Waals surface area contributed by atoms with E-state index < -0.39 is 0 Å². The van der Waals surface area contributed by atoms with Crippen molar-refractivity contribution >= 4 is 5.91 Å². The number of carbonyl (C=O) groups is 1. The molecule has 2 heterocycles. The smallest absolute Gasteiger partial charge is 0.253 e. The van der Waals surface area contributed by atoms with E-state index in [4.69, 9.17) is 4.74 Å². The third kappa shape index (κ3) is 3.78. The van der Waals surface area contributed by atoms with Crippen LogP contribution in [0.4, 0.5) is 0 Å². The maximum absolute atomic E-state index is 12.6. The van der Waals surface area contributed by atoms with Crippen LogP contribution in [0.3, 0.4) is 0 Å². The van der Waals surface area contributed by atoms with Gasteiger partial charge in [0.25, 0.3) is 5.91 Å². The number of rotatable bonds is 5. The average molecular weight is 314 g/mol. The summed E-state index contributed by atoms with van der Waals surface area (Å²) in [5, 5.41) is 7.25. The Balaban J connectivity index is 1.64. The molecule has 1 N–H and O–H groups in total. The van der Waals surface area contributed by atoms with Crippen LogP contribution in [0, 0.1) is 0 Å². The van der Waals surface area contributed by atoms with Crippen molar-refractivity contribution in [2.45, 2.75) is 13.0 Å². The number of carbonyl (C=O) groups excluding carboxylic acids is 1. The van der Waals surface area contributed by atoms with Gasteiger partial charge in [-0.1, -0.05) is 12.1 Å². The highest BCUT2D eigenvalue weighted by atomic mass is 16.5. The van der Waals surface area contributed by atoms with Crippen LogP contribution in [0.1, 0.15) is 17.3 Å². The number of aromatic nitrogens is 2. The minimum absolute atomic E-state index is 0.0730. The second-order valence-electron chi connectivity index (χ2n) is 5.68. The largest absolute Gasteiger partial charge is 0.379 e. The summed E-state index contributed by atoms with van der Waals surface area (Å²) in [4.78, 5) is 14.9. The van der Waals surface area contributed by atoms with Gasteiger partial charge in [-0.15, -0.1) is 0 Å². The third-order valence-electron chi connectivity index (χ3n) is 4.13. The minimum Gasteiger partial charge on any atom is -0.379 e. The van der Waals surface area contributed by atoms with Crippen LogP contribution >= 0.6 is 0 Å². The van der Waals surface area contributed by atoms with Crippen molar-refractivity contribution in [3.05, 3.63) is 48.3 Å². The van der Waals surface area contributed by atoms with Crippen LogP contribution < -0.4 is 5.32 Å². The number of nitrogens with one attached hydrogen (secondary N) is 1. The molecule has 0 radical (unpaired) electrons. The number of nitrogens with zero attached hydrogens (tertiary/aromatic N) is 3. The first-order valence-corrected chi connectivity index (χ1v) is 7.95. The Labute approximate surface area is 136 Å². The molecule has 122 valence electrons. The van der Waals surface area contributed by atoms with E-state index in [1.165, 1.54) is 0 Å². The van der Waals surface area contributed by atoms with Crippen LogP contribution in [0.2, 0.25) is 0 Å². The summed E-state index contributed by atoms with van der Waals surface area (Å²) in [7, 11) is 0. The molecule has 1 amide bonds. The van der Waals surface area contributed by atoms with Gasteiger partial charge in [0.05, 0.1) is 24.5 Å². The van der Waals surface area contributed by atoms with Gasteiger partial charge >= 0.3 is 0 Å². The maximum Gasteiger partial charge on any atom is 0.253 e. The molecule has 0 aliphatic carbocycles. The molecule has 1 saturated heterocycles. The summed E-state index contributed by atoms with van der Waals surface area (Å²) in [5.41, 5.74) is 1.42. The molecular weight excluding hydrogens is 292 g/mol. The Kier molecular flexibility index (Phi) is 5.05. The van der Waals surface area contributed by atoms with Gasteiger partial charge in [0, 0.05) is 38.1 Å². The Morgan fingerprint density at radius 1 is 1.30 bits per heavy atom.